The zero-order chi connectivity index (χ0) is 11.6. The summed E-state index contributed by atoms with van der Waals surface area (Å²) in [5.41, 5.74) is 1.26. The lowest BCUT2D eigenvalue weighted by Gasteiger charge is -2.17. The van der Waals surface area contributed by atoms with Gasteiger partial charge in [0.1, 0.15) is 5.82 Å². The van der Waals surface area contributed by atoms with Crippen LogP contribution in [0.15, 0.2) is 18.2 Å². The Morgan fingerprint density at radius 2 is 2.19 bits per heavy atom. The molecule has 0 radical (unpaired) electrons. The maximum atomic E-state index is 13.0. The summed E-state index contributed by atoms with van der Waals surface area (Å²) in [6.07, 6.45) is 3.43. The number of benzene rings is 1. The van der Waals surface area contributed by atoms with E-state index in [9.17, 15) is 4.39 Å². The van der Waals surface area contributed by atoms with Gasteiger partial charge in [-0.15, -0.1) is 0 Å². The van der Waals surface area contributed by atoms with E-state index in [-0.39, 0.29) is 11.2 Å². The van der Waals surface area contributed by atoms with E-state index >= 15 is 0 Å². The van der Waals surface area contributed by atoms with Gasteiger partial charge in [-0.1, -0.05) is 24.6 Å². The smallest absolute Gasteiger partial charge is 0.124 e. The minimum absolute atomic E-state index is 0.167. The molecule has 0 saturated heterocycles. The second-order valence-electron chi connectivity index (χ2n) is 4.58. The van der Waals surface area contributed by atoms with Crippen molar-refractivity contribution in [3.63, 3.8) is 0 Å². The normalized spacial score (nSPS) is 17.4. The van der Waals surface area contributed by atoms with Crippen LogP contribution in [0.4, 0.5) is 4.39 Å². The number of halogens is 2. The second-order valence-corrected chi connectivity index (χ2v) is 4.99. The van der Waals surface area contributed by atoms with Crippen molar-refractivity contribution in [1.82, 2.24) is 5.32 Å². The molecule has 0 aromatic heterocycles. The molecule has 1 aliphatic rings. The summed E-state index contributed by atoms with van der Waals surface area (Å²) in [6, 6.07) is 4.75. The summed E-state index contributed by atoms with van der Waals surface area (Å²) < 4.78 is 13.0. The molecule has 0 amide bonds. The molecule has 1 N–H and O–H groups in total. The van der Waals surface area contributed by atoms with Crippen molar-refractivity contribution in [3.8, 4) is 0 Å². The number of nitrogens with one attached hydrogen (secondary N) is 1. The summed E-state index contributed by atoms with van der Waals surface area (Å²) in [5.74, 6) is -0.258. The Bertz CT molecular complexity index is 374. The lowest BCUT2D eigenvalue weighted by Crippen LogP contribution is -2.27. The van der Waals surface area contributed by atoms with Crippen molar-refractivity contribution < 1.29 is 4.39 Å². The Labute approximate surface area is 101 Å². The van der Waals surface area contributed by atoms with Gasteiger partial charge in [-0.2, -0.15) is 0 Å². The first-order valence-corrected chi connectivity index (χ1v) is 6.22. The van der Waals surface area contributed by atoms with Crippen LogP contribution in [-0.2, 0) is 5.41 Å². The van der Waals surface area contributed by atoms with E-state index in [0.29, 0.717) is 5.02 Å². The topological polar surface area (TPSA) is 12.0 Å². The molecule has 0 aliphatic heterocycles. The Morgan fingerprint density at radius 3 is 2.75 bits per heavy atom. The zero-order valence-electron chi connectivity index (χ0n) is 9.52. The van der Waals surface area contributed by atoms with Crippen molar-refractivity contribution in [2.45, 2.75) is 31.6 Å². The largest absolute Gasteiger partial charge is 0.316 e. The molecule has 1 aromatic carbocycles. The Balaban J connectivity index is 2.10. The van der Waals surface area contributed by atoms with Gasteiger partial charge < -0.3 is 5.32 Å². The molecule has 1 saturated carbocycles. The maximum absolute atomic E-state index is 13.0. The average Bonchev–Trinajstić information content (AvgIpc) is 2.99. The molecule has 0 spiro atoms. The molecule has 1 fully saturated rings. The van der Waals surface area contributed by atoms with Gasteiger partial charge in [-0.05, 0) is 43.5 Å². The number of hydrogen-bond acceptors (Lipinski definition) is 1. The second kappa shape index (κ2) is 4.72. The van der Waals surface area contributed by atoms with Crippen LogP contribution in [0.1, 0.15) is 31.7 Å². The van der Waals surface area contributed by atoms with Crippen molar-refractivity contribution in [2.24, 2.45) is 0 Å². The van der Waals surface area contributed by atoms with Crippen LogP contribution in [-0.4, -0.2) is 13.1 Å². The highest BCUT2D eigenvalue weighted by atomic mass is 35.5. The van der Waals surface area contributed by atoms with Gasteiger partial charge in [-0.25, -0.2) is 4.39 Å². The summed E-state index contributed by atoms with van der Waals surface area (Å²) in [5, 5.41) is 3.99. The maximum Gasteiger partial charge on any atom is 0.124 e. The minimum atomic E-state index is -0.258. The fourth-order valence-corrected chi connectivity index (χ4v) is 2.48. The summed E-state index contributed by atoms with van der Waals surface area (Å²) in [4.78, 5) is 0. The molecule has 1 nitrogen and oxygen atoms in total. The van der Waals surface area contributed by atoms with E-state index < -0.39 is 0 Å². The molecular formula is C13H17ClFN. The van der Waals surface area contributed by atoms with Gasteiger partial charge in [0, 0.05) is 17.0 Å². The molecule has 0 bridgehead atoms. The third kappa shape index (κ3) is 2.38. The first-order chi connectivity index (χ1) is 7.68. The third-order valence-electron chi connectivity index (χ3n) is 3.25. The van der Waals surface area contributed by atoms with Gasteiger partial charge in [0.25, 0.3) is 0 Å². The molecule has 0 heterocycles. The fourth-order valence-electron chi connectivity index (χ4n) is 2.12. The van der Waals surface area contributed by atoms with Crippen molar-refractivity contribution in [1.29, 1.82) is 0 Å². The monoisotopic (exact) mass is 241 g/mol. The predicted molar refractivity (Wildman–Crippen MR) is 65.5 cm³/mol. The van der Waals surface area contributed by atoms with Gasteiger partial charge >= 0.3 is 0 Å². The van der Waals surface area contributed by atoms with Crippen LogP contribution in [0.3, 0.4) is 0 Å². The third-order valence-corrected chi connectivity index (χ3v) is 3.56. The van der Waals surface area contributed by atoms with Crippen LogP contribution in [0.2, 0.25) is 5.02 Å². The van der Waals surface area contributed by atoms with E-state index in [2.05, 4.69) is 12.2 Å². The molecule has 0 atom stereocenters. The van der Waals surface area contributed by atoms with Crippen LogP contribution in [0.5, 0.6) is 0 Å². The Morgan fingerprint density at radius 1 is 1.44 bits per heavy atom. The highest BCUT2D eigenvalue weighted by molar-refractivity contribution is 6.31. The molecule has 2 rings (SSSR count). The van der Waals surface area contributed by atoms with Crippen LogP contribution >= 0.6 is 11.6 Å². The Hall–Kier alpha value is -0.600. The minimum Gasteiger partial charge on any atom is -0.316 e. The predicted octanol–water partition coefficient (Wildman–Crippen LogP) is 3.51. The average molecular weight is 242 g/mol. The number of rotatable bonds is 5. The molecule has 1 aromatic rings. The van der Waals surface area contributed by atoms with Crippen LogP contribution < -0.4 is 5.32 Å². The lowest BCUT2D eigenvalue weighted by atomic mass is 9.95. The van der Waals surface area contributed by atoms with Crippen LogP contribution in [0, 0.1) is 5.82 Å². The highest BCUT2D eigenvalue weighted by Gasteiger charge is 2.44. The first-order valence-electron chi connectivity index (χ1n) is 5.84. The summed E-state index contributed by atoms with van der Waals surface area (Å²) in [7, 11) is 0. The van der Waals surface area contributed by atoms with E-state index in [4.69, 9.17) is 11.6 Å². The number of hydrogen-bond donors (Lipinski definition) is 1. The summed E-state index contributed by atoms with van der Waals surface area (Å²) in [6.45, 7) is 4.13. The molecule has 16 heavy (non-hydrogen) atoms. The first kappa shape index (κ1) is 11.9. The fraction of sp³-hybridized carbons (Fsp3) is 0.538. The van der Waals surface area contributed by atoms with Gasteiger partial charge in [-0.3, -0.25) is 0 Å². The van der Waals surface area contributed by atoms with E-state index in [1.54, 1.807) is 0 Å². The van der Waals surface area contributed by atoms with Crippen molar-refractivity contribution in [2.75, 3.05) is 13.1 Å². The van der Waals surface area contributed by atoms with Gasteiger partial charge in [0.15, 0.2) is 0 Å². The molecule has 88 valence electrons. The SMILES string of the molecule is CCCNCC1(c2ccc(F)cc2Cl)CC1. The van der Waals surface area contributed by atoms with Crippen molar-refractivity contribution >= 4 is 11.6 Å². The van der Waals surface area contributed by atoms with E-state index in [1.807, 2.05) is 6.07 Å². The zero-order valence-corrected chi connectivity index (χ0v) is 10.3. The van der Waals surface area contributed by atoms with Gasteiger partial charge in [0.2, 0.25) is 0 Å². The molecule has 1 aliphatic carbocycles. The van der Waals surface area contributed by atoms with Crippen LogP contribution in [0.25, 0.3) is 0 Å². The Kier molecular flexibility index (Phi) is 3.50. The lowest BCUT2D eigenvalue weighted by molar-refractivity contribution is 0.569. The van der Waals surface area contributed by atoms with E-state index in [1.165, 1.54) is 12.1 Å². The molecular weight excluding hydrogens is 225 g/mol. The molecule has 0 unspecified atom stereocenters. The quantitative estimate of drug-likeness (QED) is 0.778. The molecule has 3 heteroatoms. The van der Waals surface area contributed by atoms with E-state index in [0.717, 1.165) is 37.9 Å². The van der Waals surface area contributed by atoms with Gasteiger partial charge in [0.05, 0.1) is 0 Å². The standard InChI is InChI=1S/C13H17ClFN/c1-2-7-16-9-13(5-6-13)11-4-3-10(15)8-12(11)14/h3-4,8,16H,2,5-7,9H2,1H3. The highest BCUT2D eigenvalue weighted by Crippen LogP contribution is 2.49. The summed E-state index contributed by atoms with van der Waals surface area (Å²) >= 11 is 6.10. The van der Waals surface area contributed by atoms with Crippen molar-refractivity contribution in [3.05, 3.63) is 34.6 Å².